The maximum absolute atomic E-state index is 11.3. The van der Waals surface area contributed by atoms with Gasteiger partial charge in [-0.15, -0.1) is 0 Å². The molecule has 0 spiro atoms. The van der Waals surface area contributed by atoms with Crippen molar-refractivity contribution in [2.75, 3.05) is 6.54 Å². The van der Waals surface area contributed by atoms with Crippen molar-refractivity contribution in [3.05, 3.63) is 58.1 Å². The molecule has 1 unspecified atom stereocenters. The largest absolute Gasteiger partial charge is 0.303 e. The van der Waals surface area contributed by atoms with E-state index in [2.05, 4.69) is 0 Å². The number of fused-ring (bicyclic) bond motifs is 1. The first-order valence-corrected chi connectivity index (χ1v) is 6.51. The predicted octanol–water partition coefficient (Wildman–Crippen LogP) is 3.43. The van der Waals surface area contributed by atoms with E-state index >= 15 is 0 Å². The number of aldehydes is 1. The van der Waals surface area contributed by atoms with Crippen molar-refractivity contribution in [2.45, 2.75) is 19.8 Å². The van der Waals surface area contributed by atoms with Gasteiger partial charge >= 0.3 is 0 Å². The fraction of sp³-hybridized carbons (Fsp3) is 0.312. The Hall–Kier alpha value is -2.23. The molecule has 0 bridgehead atoms. The molecule has 4 nitrogen and oxygen atoms in total. The maximum Gasteiger partial charge on any atom is 0.211 e. The number of carbonyl (C=O) groups excluding carboxylic acids is 1. The van der Waals surface area contributed by atoms with E-state index in [1.165, 1.54) is 0 Å². The van der Waals surface area contributed by atoms with E-state index in [1.807, 2.05) is 42.5 Å². The molecule has 0 radical (unpaired) electrons. The van der Waals surface area contributed by atoms with Gasteiger partial charge in [0.1, 0.15) is 6.29 Å². The summed E-state index contributed by atoms with van der Waals surface area (Å²) >= 11 is 0. The minimum atomic E-state index is -0.768. The lowest BCUT2D eigenvalue weighted by Crippen LogP contribution is -2.29. The summed E-state index contributed by atoms with van der Waals surface area (Å²) in [7, 11) is 0. The molecule has 20 heavy (non-hydrogen) atoms. The van der Waals surface area contributed by atoms with Crippen LogP contribution in [0.3, 0.4) is 0 Å². The number of carbonyl (C=O) groups is 1. The van der Waals surface area contributed by atoms with Crippen LogP contribution in [0.2, 0.25) is 0 Å². The van der Waals surface area contributed by atoms with Crippen molar-refractivity contribution in [1.29, 1.82) is 0 Å². The normalized spacial score (nSPS) is 13.1. The van der Waals surface area contributed by atoms with Gasteiger partial charge in [0.2, 0.25) is 6.54 Å². The second kappa shape index (κ2) is 5.41. The summed E-state index contributed by atoms with van der Waals surface area (Å²) in [5.74, 6) is -0.431. The van der Waals surface area contributed by atoms with Gasteiger partial charge in [-0.25, -0.2) is 0 Å². The molecule has 0 heterocycles. The summed E-state index contributed by atoms with van der Waals surface area (Å²) < 4.78 is 0. The van der Waals surface area contributed by atoms with Crippen LogP contribution in [0.15, 0.2) is 42.5 Å². The second-order valence-corrected chi connectivity index (χ2v) is 5.61. The molecule has 0 aromatic heterocycles. The molecular formula is C16H17NO3. The van der Waals surface area contributed by atoms with E-state index in [-0.39, 0.29) is 11.5 Å². The maximum atomic E-state index is 11.3. The van der Waals surface area contributed by atoms with Crippen molar-refractivity contribution in [2.24, 2.45) is 5.41 Å². The molecule has 0 aliphatic rings. The number of hydrogen-bond acceptors (Lipinski definition) is 3. The highest BCUT2D eigenvalue weighted by atomic mass is 16.6. The zero-order valence-corrected chi connectivity index (χ0v) is 11.6. The lowest BCUT2D eigenvalue weighted by molar-refractivity contribution is -0.485. The average molecular weight is 271 g/mol. The highest BCUT2D eigenvalue weighted by Crippen LogP contribution is 2.35. The van der Waals surface area contributed by atoms with Gasteiger partial charge in [0.15, 0.2) is 0 Å². The van der Waals surface area contributed by atoms with Crippen LogP contribution in [-0.2, 0) is 4.79 Å². The Morgan fingerprint density at radius 1 is 1.20 bits per heavy atom. The number of rotatable bonds is 5. The molecule has 2 rings (SSSR count). The molecule has 0 fully saturated rings. The molecule has 0 aliphatic heterocycles. The van der Waals surface area contributed by atoms with Gasteiger partial charge in [-0.3, -0.25) is 10.1 Å². The van der Waals surface area contributed by atoms with E-state index < -0.39 is 11.3 Å². The van der Waals surface area contributed by atoms with Crippen LogP contribution in [0.1, 0.15) is 25.3 Å². The average Bonchev–Trinajstić information content (AvgIpc) is 2.44. The number of benzene rings is 2. The summed E-state index contributed by atoms with van der Waals surface area (Å²) in [4.78, 5) is 21.8. The van der Waals surface area contributed by atoms with Crippen LogP contribution in [0, 0.1) is 15.5 Å². The molecule has 4 heteroatoms. The molecule has 2 aromatic rings. The zero-order valence-electron chi connectivity index (χ0n) is 11.6. The Morgan fingerprint density at radius 3 is 2.45 bits per heavy atom. The van der Waals surface area contributed by atoms with Crippen molar-refractivity contribution in [3.8, 4) is 0 Å². The first kappa shape index (κ1) is 14.2. The van der Waals surface area contributed by atoms with Crippen LogP contribution >= 0.6 is 0 Å². The molecule has 104 valence electrons. The summed E-state index contributed by atoms with van der Waals surface area (Å²) in [6.45, 7) is 3.23. The van der Waals surface area contributed by atoms with Crippen molar-refractivity contribution >= 4 is 17.1 Å². The fourth-order valence-corrected chi connectivity index (χ4v) is 2.43. The zero-order chi connectivity index (χ0) is 14.8. The lowest BCUT2D eigenvalue weighted by atomic mass is 9.75. The van der Waals surface area contributed by atoms with Crippen LogP contribution in [0.25, 0.3) is 10.8 Å². The van der Waals surface area contributed by atoms with E-state index in [4.69, 9.17) is 0 Å². The minimum Gasteiger partial charge on any atom is -0.303 e. The van der Waals surface area contributed by atoms with E-state index in [0.29, 0.717) is 0 Å². The predicted molar refractivity (Wildman–Crippen MR) is 78.4 cm³/mol. The van der Waals surface area contributed by atoms with Gasteiger partial charge in [0, 0.05) is 10.3 Å². The van der Waals surface area contributed by atoms with E-state index in [9.17, 15) is 14.9 Å². The number of nitrogens with zero attached hydrogens (tertiary/aromatic N) is 1. The van der Waals surface area contributed by atoms with Gasteiger partial charge < -0.3 is 4.79 Å². The smallest absolute Gasteiger partial charge is 0.211 e. The van der Waals surface area contributed by atoms with Crippen molar-refractivity contribution in [1.82, 2.24) is 0 Å². The third-order valence-corrected chi connectivity index (χ3v) is 3.71. The van der Waals surface area contributed by atoms with Crippen molar-refractivity contribution < 1.29 is 9.72 Å². The summed E-state index contributed by atoms with van der Waals surface area (Å²) in [6, 6.07) is 13.6. The summed E-state index contributed by atoms with van der Waals surface area (Å²) in [5.41, 5.74) is 0.0627. The summed E-state index contributed by atoms with van der Waals surface area (Å²) in [6.07, 6.45) is 0.802. The monoisotopic (exact) mass is 271 g/mol. The molecule has 0 saturated heterocycles. The fourth-order valence-electron chi connectivity index (χ4n) is 2.43. The Labute approximate surface area is 117 Å². The van der Waals surface area contributed by atoms with Crippen molar-refractivity contribution in [3.63, 3.8) is 0 Å². The third kappa shape index (κ3) is 2.85. The van der Waals surface area contributed by atoms with Gasteiger partial charge in [-0.2, -0.15) is 0 Å². The Balaban J connectivity index is 2.50. The Bertz CT molecular complexity index is 649. The Kier molecular flexibility index (Phi) is 3.84. The van der Waals surface area contributed by atoms with Gasteiger partial charge in [0.05, 0.1) is 5.92 Å². The highest BCUT2D eigenvalue weighted by Gasteiger charge is 2.34. The topological polar surface area (TPSA) is 60.2 Å². The van der Waals surface area contributed by atoms with Gasteiger partial charge in [0.25, 0.3) is 0 Å². The van der Waals surface area contributed by atoms with Crippen LogP contribution in [-0.4, -0.2) is 17.8 Å². The second-order valence-electron chi connectivity index (χ2n) is 5.61. The van der Waals surface area contributed by atoms with Gasteiger partial charge in [-0.05, 0) is 16.3 Å². The number of hydrogen-bond donors (Lipinski definition) is 0. The van der Waals surface area contributed by atoms with E-state index in [1.54, 1.807) is 13.8 Å². The summed E-state index contributed by atoms with van der Waals surface area (Å²) in [5, 5.41) is 13.0. The molecule has 0 N–H and O–H groups in total. The third-order valence-electron chi connectivity index (χ3n) is 3.71. The quantitative estimate of drug-likeness (QED) is 0.475. The SMILES string of the molecule is CC(C)(C=O)C(C[N+](=O)[O-])c1ccc2ccccc2c1. The first-order valence-electron chi connectivity index (χ1n) is 6.51. The molecule has 0 amide bonds. The highest BCUT2D eigenvalue weighted by molar-refractivity contribution is 5.83. The Morgan fingerprint density at radius 2 is 1.85 bits per heavy atom. The molecule has 0 aliphatic carbocycles. The van der Waals surface area contributed by atoms with Gasteiger partial charge in [-0.1, -0.05) is 56.3 Å². The minimum absolute atomic E-state index is 0.246. The van der Waals surface area contributed by atoms with Crippen LogP contribution < -0.4 is 0 Å². The van der Waals surface area contributed by atoms with Crippen LogP contribution in [0.5, 0.6) is 0 Å². The molecule has 0 saturated carbocycles. The van der Waals surface area contributed by atoms with Crippen LogP contribution in [0.4, 0.5) is 0 Å². The number of nitro groups is 1. The lowest BCUT2D eigenvalue weighted by Gasteiger charge is -2.26. The van der Waals surface area contributed by atoms with E-state index in [0.717, 1.165) is 22.6 Å². The molecule has 2 aromatic carbocycles. The standard InChI is InChI=1S/C16H17NO3/c1-16(2,11-18)15(10-17(19)20)14-8-7-12-5-3-4-6-13(12)9-14/h3-9,11,15H,10H2,1-2H3. The molecular weight excluding hydrogens is 254 g/mol. The molecule has 1 atom stereocenters. The first-order chi connectivity index (χ1) is 9.44.